The van der Waals surface area contributed by atoms with E-state index in [4.69, 9.17) is 0 Å². The van der Waals surface area contributed by atoms with E-state index in [2.05, 4.69) is 41.4 Å². The smallest absolute Gasteiger partial charge is 0.306 e. The van der Waals surface area contributed by atoms with Crippen molar-refractivity contribution in [2.75, 3.05) is 19.6 Å². The monoisotopic (exact) mass is 328 g/mol. The maximum Gasteiger partial charge on any atom is 0.401 e. The van der Waals surface area contributed by atoms with Gasteiger partial charge in [-0.05, 0) is 57.7 Å². The summed E-state index contributed by atoms with van der Waals surface area (Å²) in [5.74, 6) is 0.528. The first-order valence-corrected chi connectivity index (χ1v) is 8.40. The summed E-state index contributed by atoms with van der Waals surface area (Å²) in [6.07, 6.45) is -1.14. The molecule has 1 unspecified atom stereocenters. The lowest BCUT2D eigenvalue weighted by atomic mass is 9.90. The van der Waals surface area contributed by atoms with Crippen LogP contribution in [0.5, 0.6) is 0 Å². The van der Waals surface area contributed by atoms with E-state index in [0.717, 1.165) is 38.9 Å². The fraction of sp³-hybridized carbons (Fsp3) is 0.667. The fourth-order valence-electron chi connectivity index (χ4n) is 3.21. The van der Waals surface area contributed by atoms with Crippen molar-refractivity contribution in [3.63, 3.8) is 0 Å². The molecular formula is C18H27F3N2. The summed E-state index contributed by atoms with van der Waals surface area (Å²) in [5, 5.41) is 2.59. The van der Waals surface area contributed by atoms with Crippen molar-refractivity contribution in [2.45, 2.75) is 51.9 Å². The molecule has 1 aliphatic rings. The van der Waals surface area contributed by atoms with Crippen LogP contribution in [0.3, 0.4) is 0 Å². The lowest BCUT2D eigenvalue weighted by Crippen LogP contribution is -2.39. The second kappa shape index (κ2) is 8.15. The molecule has 0 saturated carbocycles. The van der Waals surface area contributed by atoms with Crippen LogP contribution in [0.15, 0.2) is 24.3 Å². The van der Waals surface area contributed by atoms with Gasteiger partial charge in [-0.1, -0.05) is 29.8 Å². The second-order valence-corrected chi connectivity index (χ2v) is 6.84. The zero-order valence-electron chi connectivity index (χ0n) is 14.0. The van der Waals surface area contributed by atoms with Crippen molar-refractivity contribution >= 4 is 0 Å². The first kappa shape index (κ1) is 18.3. The van der Waals surface area contributed by atoms with Gasteiger partial charge in [-0.3, -0.25) is 4.90 Å². The van der Waals surface area contributed by atoms with Gasteiger partial charge in [0.1, 0.15) is 0 Å². The number of alkyl halides is 3. The average Bonchev–Trinajstić information content (AvgIpc) is 2.49. The van der Waals surface area contributed by atoms with Gasteiger partial charge in [0.15, 0.2) is 0 Å². The Labute approximate surface area is 137 Å². The topological polar surface area (TPSA) is 15.3 Å². The highest BCUT2D eigenvalue weighted by Gasteiger charge is 2.28. The molecule has 5 heteroatoms. The van der Waals surface area contributed by atoms with Crippen LogP contribution in [0.2, 0.25) is 0 Å². The highest BCUT2D eigenvalue weighted by atomic mass is 19.4. The fourth-order valence-corrected chi connectivity index (χ4v) is 3.21. The SMILES string of the molecule is Cc1ccc(CN2CCC(CC(C)NCC(F)(F)F)CC2)cc1. The number of hydrogen-bond acceptors (Lipinski definition) is 2. The molecule has 0 aliphatic carbocycles. The molecule has 1 saturated heterocycles. The summed E-state index contributed by atoms with van der Waals surface area (Å²) in [6.45, 7) is 6.08. The van der Waals surface area contributed by atoms with Gasteiger partial charge >= 0.3 is 6.18 Å². The number of aryl methyl sites for hydroxylation is 1. The Morgan fingerprint density at radius 2 is 1.78 bits per heavy atom. The number of piperidine rings is 1. The molecule has 1 aliphatic heterocycles. The number of nitrogens with one attached hydrogen (secondary N) is 1. The number of likely N-dealkylation sites (tertiary alicyclic amines) is 1. The van der Waals surface area contributed by atoms with E-state index in [1.165, 1.54) is 11.1 Å². The van der Waals surface area contributed by atoms with Gasteiger partial charge < -0.3 is 5.32 Å². The van der Waals surface area contributed by atoms with E-state index < -0.39 is 12.7 Å². The maximum absolute atomic E-state index is 12.2. The van der Waals surface area contributed by atoms with E-state index >= 15 is 0 Å². The standard InChI is InChI=1S/C18H27F3N2/c1-14-3-5-17(6-4-14)12-23-9-7-16(8-10-23)11-15(2)22-13-18(19,20)21/h3-6,15-16,22H,7-13H2,1-2H3. The number of nitrogens with zero attached hydrogens (tertiary/aromatic N) is 1. The zero-order valence-corrected chi connectivity index (χ0v) is 14.0. The molecule has 0 spiro atoms. The molecule has 0 amide bonds. The predicted octanol–water partition coefficient (Wildman–Crippen LogP) is 4.14. The summed E-state index contributed by atoms with van der Waals surface area (Å²) >= 11 is 0. The molecule has 130 valence electrons. The Balaban J connectivity index is 1.68. The van der Waals surface area contributed by atoms with E-state index in [1.54, 1.807) is 0 Å². The zero-order chi connectivity index (χ0) is 16.9. The average molecular weight is 328 g/mol. The third-order valence-corrected chi connectivity index (χ3v) is 4.57. The highest BCUT2D eigenvalue weighted by Crippen LogP contribution is 2.23. The van der Waals surface area contributed by atoms with Crippen LogP contribution in [-0.2, 0) is 6.54 Å². The third-order valence-electron chi connectivity index (χ3n) is 4.57. The van der Waals surface area contributed by atoms with E-state index in [0.29, 0.717) is 5.92 Å². The number of rotatable bonds is 6. The quantitative estimate of drug-likeness (QED) is 0.844. The normalized spacial score (nSPS) is 19.0. The van der Waals surface area contributed by atoms with Gasteiger partial charge in [0, 0.05) is 12.6 Å². The van der Waals surface area contributed by atoms with Crippen molar-refractivity contribution in [1.29, 1.82) is 0 Å². The van der Waals surface area contributed by atoms with Gasteiger partial charge in [-0.25, -0.2) is 0 Å². The summed E-state index contributed by atoms with van der Waals surface area (Å²) in [6, 6.07) is 8.53. The van der Waals surface area contributed by atoms with Crippen molar-refractivity contribution < 1.29 is 13.2 Å². The molecule has 0 radical (unpaired) electrons. The van der Waals surface area contributed by atoms with Crippen molar-refractivity contribution in [1.82, 2.24) is 10.2 Å². The van der Waals surface area contributed by atoms with Crippen LogP contribution in [0.25, 0.3) is 0 Å². The van der Waals surface area contributed by atoms with E-state index in [-0.39, 0.29) is 6.04 Å². The Kier molecular flexibility index (Phi) is 6.48. The predicted molar refractivity (Wildman–Crippen MR) is 87.3 cm³/mol. The molecule has 1 aromatic carbocycles. The van der Waals surface area contributed by atoms with Crippen LogP contribution >= 0.6 is 0 Å². The lowest BCUT2D eigenvalue weighted by molar-refractivity contribution is -0.126. The first-order chi connectivity index (χ1) is 10.8. The van der Waals surface area contributed by atoms with Gasteiger partial charge in [0.05, 0.1) is 6.54 Å². The van der Waals surface area contributed by atoms with Gasteiger partial charge in [0.25, 0.3) is 0 Å². The van der Waals surface area contributed by atoms with E-state index in [1.807, 2.05) is 6.92 Å². The van der Waals surface area contributed by atoms with Crippen molar-refractivity contribution in [2.24, 2.45) is 5.92 Å². The minimum atomic E-state index is -4.12. The second-order valence-electron chi connectivity index (χ2n) is 6.84. The summed E-state index contributed by atoms with van der Waals surface area (Å²) in [7, 11) is 0. The van der Waals surface area contributed by atoms with Crippen LogP contribution < -0.4 is 5.32 Å². The molecule has 0 bridgehead atoms. The van der Waals surface area contributed by atoms with Crippen LogP contribution in [-0.4, -0.2) is 36.8 Å². The highest BCUT2D eigenvalue weighted by molar-refractivity contribution is 5.21. The number of benzene rings is 1. The minimum Gasteiger partial charge on any atom is -0.306 e. The largest absolute Gasteiger partial charge is 0.401 e. The Morgan fingerprint density at radius 3 is 2.35 bits per heavy atom. The minimum absolute atomic E-state index is 0.0785. The molecular weight excluding hydrogens is 301 g/mol. The van der Waals surface area contributed by atoms with Gasteiger partial charge in [-0.2, -0.15) is 13.2 Å². The Morgan fingerprint density at radius 1 is 1.17 bits per heavy atom. The molecule has 1 N–H and O–H groups in total. The third kappa shape index (κ3) is 6.92. The van der Waals surface area contributed by atoms with Gasteiger partial charge in [0.2, 0.25) is 0 Å². The van der Waals surface area contributed by atoms with Crippen molar-refractivity contribution in [3.05, 3.63) is 35.4 Å². The number of hydrogen-bond donors (Lipinski definition) is 1. The van der Waals surface area contributed by atoms with Crippen LogP contribution in [0.1, 0.15) is 37.3 Å². The summed E-state index contributed by atoms with van der Waals surface area (Å²) < 4.78 is 36.6. The van der Waals surface area contributed by atoms with Gasteiger partial charge in [-0.15, -0.1) is 0 Å². The molecule has 0 aromatic heterocycles. The summed E-state index contributed by atoms with van der Waals surface area (Å²) in [5.41, 5.74) is 2.60. The van der Waals surface area contributed by atoms with Crippen molar-refractivity contribution in [3.8, 4) is 0 Å². The van der Waals surface area contributed by atoms with E-state index in [9.17, 15) is 13.2 Å². The molecule has 2 rings (SSSR count). The first-order valence-electron chi connectivity index (χ1n) is 8.40. The maximum atomic E-state index is 12.2. The molecule has 2 nitrogen and oxygen atoms in total. The molecule has 23 heavy (non-hydrogen) atoms. The Bertz CT molecular complexity index is 462. The molecule has 1 fully saturated rings. The lowest BCUT2D eigenvalue weighted by Gasteiger charge is -2.33. The summed E-state index contributed by atoms with van der Waals surface area (Å²) in [4.78, 5) is 2.44. The molecule has 1 atom stereocenters. The molecule has 1 heterocycles. The van der Waals surface area contributed by atoms with Crippen LogP contribution in [0.4, 0.5) is 13.2 Å². The van der Waals surface area contributed by atoms with Crippen LogP contribution in [0, 0.1) is 12.8 Å². The molecule has 1 aromatic rings. The Hall–Kier alpha value is -1.07. The number of halogens is 3.